The predicted octanol–water partition coefficient (Wildman–Crippen LogP) is 4.05. The Bertz CT molecular complexity index is 1230. The van der Waals surface area contributed by atoms with Crippen molar-refractivity contribution >= 4 is 11.9 Å². The summed E-state index contributed by atoms with van der Waals surface area (Å²) in [5.41, 5.74) is 2.72. The summed E-state index contributed by atoms with van der Waals surface area (Å²) in [6, 6.07) is 16.2. The van der Waals surface area contributed by atoms with E-state index in [-0.39, 0.29) is 18.0 Å². The van der Waals surface area contributed by atoms with Crippen LogP contribution in [0.4, 0.5) is 0 Å². The SMILES string of the molecule is COc1ccc(CN2CC(=O)NCCCCCOc3cc(C(=O)O)ccc3C2)cc1OCc1ccccn1. The van der Waals surface area contributed by atoms with Gasteiger partial charge in [-0.3, -0.25) is 14.7 Å². The van der Waals surface area contributed by atoms with Crippen LogP contribution in [0.3, 0.4) is 0 Å². The van der Waals surface area contributed by atoms with Gasteiger partial charge in [0.15, 0.2) is 11.5 Å². The van der Waals surface area contributed by atoms with Gasteiger partial charge in [-0.15, -0.1) is 0 Å². The number of pyridine rings is 1. The number of fused-ring (bicyclic) bond motifs is 1. The lowest BCUT2D eigenvalue weighted by molar-refractivity contribution is -0.122. The van der Waals surface area contributed by atoms with E-state index in [1.165, 1.54) is 0 Å². The van der Waals surface area contributed by atoms with Gasteiger partial charge in [0.25, 0.3) is 0 Å². The molecule has 2 heterocycles. The van der Waals surface area contributed by atoms with E-state index in [1.54, 1.807) is 31.5 Å². The molecular weight excluding hydrogens is 486 g/mol. The third-order valence-electron chi connectivity index (χ3n) is 6.21. The lowest BCUT2D eigenvalue weighted by Crippen LogP contribution is -2.37. The molecule has 0 aliphatic carbocycles. The van der Waals surface area contributed by atoms with Gasteiger partial charge >= 0.3 is 5.97 Å². The van der Waals surface area contributed by atoms with Crippen LogP contribution in [-0.2, 0) is 24.5 Å². The molecule has 200 valence electrons. The van der Waals surface area contributed by atoms with Crippen molar-refractivity contribution in [1.82, 2.24) is 15.2 Å². The highest BCUT2D eigenvalue weighted by molar-refractivity contribution is 5.88. The van der Waals surface area contributed by atoms with Crippen molar-refractivity contribution in [2.45, 2.75) is 39.0 Å². The standard InChI is InChI=1S/C29H33N3O6/c1-36-25-11-8-21(15-27(25)38-20-24-7-3-5-12-30-24)17-32-18-23-10-9-22(29(34)35)16-26(23)37-14-6-2-4-13-31-28(33)19-32/h3,5,7-12,15-16H,2,4,6,13-14,17-20H2,1H3,(H,31,33)(H,34,35). The van der Waals surface area contributed by atoms with Gasteiger partial charge in [0.2, 0.25) is 5.91 Å². The number of nitrogens with one attached hydrogen (secondary N) is 1. The molecule has 0 saturated carbocycles. The fourth-order valence-corrected chi connectivity index (χ4v) is 4.26. The number of methoxy groups -OCH3 is 1. The maximum absolute atomic E-state index is 12.8. The molecule has 38 heavy (non-hydrogen) atoms. The third-order valence-corrected chi connectivity index (χ3v) is 6.21. The number of carbonyl (C=O) groups is 2. The number of benzene rings is 2. The normalized spacial score (nSPS) is 15.0. The molecule has 3 aromatic rings. The molecule has 1 aromatic heterocycles. The Labute approximate surface area is 222 Å². The molecule has 0 unspecified atom stereocenters. The zero-order chi connectivity index (χ0) is 26.7. The van der Waals surface area contributed by atoms with Crippen molar-refractivity contribution in [2.75, 3.05) is 26.8 Å². The van der Waals surface area contributed by atoms with E-state index in [4.69, 9.17) is 14.2 Å². The summed E-state index contributed by atoms with van der Waals surface area (Å²) in [6.07, 6.45) is 4.30. The first-order valence-corrected chi connectivity index (χ1v) is 12.7. The molecule has 1 aliphatic rings. The highest BCUT2D eigenvalue weighted by Crippen LogP contribution is 2.30. The van der Waals surface area contributed by atoms with Crippen LogP contribution in [-0.4, -0.2) is 53.7 Å². The van der Waals surface area contributed by atoms with Gasteiger partial charge in [-0.1, -0.05) is 18.2 Å². The second kappa shape index (κ2) is 13.4. The van der Waals surface area contributed by atoms with Gasteiger partial charge in [0, 0.05) is 31.4 Å². The number of amides is 1. The average molecular weight is 520 g/mol. The van der Waals surface area contributed by atoms with Crippen LogP contribution < -0.4 is 19.5 Å². The number of hydrogen-bond acceptors (Lipinski definition) is 7. The van der Waals surface area contributed by atoms with Crippen molar-refractivity contribution in [2.24, 2.45) is 0 Å². The lowest BCUT2D eigenvalue weighted by Gasteiger charge is -2.24. The van der Waals surface area contributed by atoms with Gasteiger partial charge < -0.3 is 24.6 Å². The van der Waals surface area contributed by atoms with Gasteiger partial charge in [0.1, 0.15) is 12.4 Å². The molecule has 2 N–H and O–H groups in total. The van der Waals surface area contributed by atoms with E-state index in [0.29, 0.717) is 50.1 Å². The van der Waals surface area contributed by atoms with Crippen LogP contribution >= 0.6 is 0 Å². The number of ether oxygens (including phenoxy) is 3. The lowest BCUT2D eigenvalue weighted by atomic mass is 10.1. The van der Waals surface area contributed by atoms with E-state index in [9.17, 15) is 14.7 Å². The largest absolute Gasteiger partial charge is 0.493 e. The van der Waals surface area contributed by atoms with Crippen molar-refractivity contribution in [3.05, 3.63) is 83.2 Å². The molecular formula is C29H33N3O6. The number of aromatic nitrogens is 1. The highest BCUT2D eigenvalue weighted by atomic mass is 16.5. The summed E-state index contributed by atoms with van der Waals surface area (Å²) in [5.74, 6) is 0.651. The fraction of sp³-hybridized carbons (Fsp3) is 0.345. The number of hydrogen-bond donors (Lipinski definition) is 2. The molecule has 1 aliphatic heterocycles. The monoisotopic (exact) mass is 519 g/mol. The Hall–Kier alpha value is -4.11. The molecule has 0 atom stereocenters. The molecule has 1 amide bonds. The third kappa shape index (κ3) is 7.69. The molecule has 9 nitrogen and oxygen atoms in total. The summed E-state index contributed by atoms with van der Waals surface area (Å²) < 4.78 is 17.5. The molecule has 0 saturated heterocycles. The quantitative estimate of drug-likeness (QED) is 0.481. The molecule has 4 rings (SSSR count). The zero-order valence-corrected chi connectivity index (χ0v) is 21.5. The minimum absolute atomic E-state index is 0.0611. The van der Waals surface area contributed by atoms with Crippen LogP contribution in [0.5, 0.6) is 17.2 Å². The van der Waals surface area contributed by atoms with E-state index in [2.05, 4.69) is 10.3 Å². The summed E-state index contributed by atoms with van der Waals surface area (Å²) in [6.45, 7) is 2.42. The number of carboxylic acid groups (broad SMARTS) is 1. The summed E-state index contributed by atoms with van der Waals surface area (Å²) >= 11 is 0. The van der Waals surface area contributed by atoms with E-state index in [0.717, 1.165) is 36.1 Å². The molecule has 0 spiro atoms. The van der Waals surface area contributed by atoms with E-state index >= 15 is 0 Å². The fourth-order valence-electron chi connectivity index (χ4n) is 4.26. The van der Waals surface area contributed by atoms with Gasteiger partial charge in [-0.25, -0.2) is 4.79 Å². The molecule has 2 aromatic carbocycles. The van der Waals surface area contributed by atoms with E-state index in [1.807, 2.05) is 41.3 Å². The Kier molecular flexibility index (Phi) is 9.53. The Morgan fingerprint density at radius 1 is 1.08 bits per heavy atom. The average Bonchev–Trinajstić information content (AvgIpc) is 2.93. The van der Waals surface area contributed by atoms with E-state index < -0.39 is 5.97 Å². The topological polar surface area (TPSA) is 110 Å². The van der Waals surface area contributed by atoms with Gasteiger partial charge in [-0.2, -0.15) is 0 Å². The first-order valence-electron chi connectivity index (χ1n) is 12.7. The van der Waals surface area contributed by atoms with Crippen molar-refractivity contribution in [3.8, 4) is 17.2 Å². The molecule has 0 radical (unpaired) electrons. The predicted molar refractivity (Wildman–Crippen MR) is 141 cm³/mol. The second-order valence-corrected chi connectivity index (χ2v) is 9.13. The Morgan fingerprint density at radius 3 is 2.76 bits per heavy atom. The summed E-state index contributed by atoms with van der Waals surface area (Å²) in [4.78, 5) is 30.6. The first-order chi connectivity index (χ1) is 18.5. The minimum atomic E-state index is -1.01. The first kappa shape index (κ1) is 26.9. The number of rotatable bonds is 7. The number of carbonyl (C=O) groups excluding carboxylic acids is 1. The zero-order valence-electron chi connectivity index (χ0n) is 21.5. The van der Waals surface area contributed by atoms with Gasteiger partial charge in [0.05, 0.1) is 31.5 Å². The summed E-state index contributed by atoms with van der Waals surface area (Å²) in [7, 11) is 1.59. The van der Waals surface area contributed by atoms with Crippen LogP contribution in [0, 0.1) is 0 Å². The van der Waals surface area contributed by atoms with Crippen molar-refractivity contribution in [3.63, 3.8) is 0 Å². The molecule has 0 bridgehead atoms. The van der Waals surface area contributed by atoms with Crippen molar-refractivity contribution < 1.29 is 28.9 Å². The minimum Gasteiger partial charge on any atom is -0.493 e. The van der Waals surface area contributed by atoms with Gasteiger partial charge in [-0.05, 0) is 61.2 Å². The molecule has 9 heteroatoms. The number of aromatic carboxylic acids is 1. The van der Waals surface area contributed by atoms with Crippen LogP contribution in [0.25, 0.3) is 0 Å². The smallest absolute Gasteiger partial charge is 0.335 e. The maximum atomic E-state index is 12.8. The van der Waals surface area contributed by atoms with Crippen molar-refractivity contribution in [1.29, 1.82) is 0 Å². The Balaban J connectivity index is 1.57. The maximum Gasteiger partial charge on any atom is 0.335 e. The highest BCUT2D eigenvalue weighted by Gasteiger charge is 2.18. The number of carboxylic acids is 1. The van der Waals surface area contributed by atoms with Crippen LogP contribution in [0.2, 0.25) is 0 Å². The second-order valence-electron chi connectivity index (χ2n) is 9.13. The number of nitrogens with zero attached hydrogens (tertiary/aromatic N) is 2. The summed E-state index contributed by atoms with van der Waals surface area (Å²) in [5, 5.41) is 12.5. The molecule has 0 fully saturated rings. The van der Waals surface area contributed by atoms with Crippen LogP contribution in [0.15, 0.2) is 60.8 Å². The van der Waals surface area contributed by atoms with Crippen LogP contribution in [0.1, 0.15) is 46.4 Å². The Morgan fingerprint density at radius 2 is 1.97 bits per heavy atom.